The third kappa shape index (κ3) is 4.04. The molecule has 1 aliphatic heterocycles. The highest BCUT2D eigenvalue weighted by atomic mass is 79.9. The normalized spacial score (nSPS) is 20.9. The van der Waals surface area contributed by atoms with Gasteiger partial charge in [0.2, 0.25) is 11.8 Å². The Morgan fingerprint density at radius 1 is 1.19 bits per heavy atom. The molecular formula is C23H18BrF3N8O2. The lowest BCUT2D eigenvalue weighted by atomic mass is 10.1. The molecule has 4 heterocycles. The number of halogens is 4. The number of piperidine rings is 1. The number of hydrogen-bond donors (Lipinski definition) is 2. The highest BCUT2D eigenvalue weighted by Crippen LogP contribution is 2.48. The van der Waals surface area contributed by atoms with Crippen LogP contribution in [0.25, 0.3) is 21.9 Å². The average molecular weight is 575 g/mol. The van der Waals surface area contributed by atoms with Gasteiger partial charge in [-0.3, -0.25) is 14.6 Å². The molecule has 190 valence electrons. The van der Waals surface area contributed by atoms with Crippen molar-refractivity contribution in [3.05, 3.63) is 47.1 Å². The fourth-order valence-electron chi connectivity index (χ4n) is 5.15. The van der Waals surface area contributed by atoms with E-state index < -0.39 is 17.8 Å². The monoisotopic (exact) mass is 574 g/mol. The smallest absolute Gasteiger partial charge is 0.383 e. The first-order valence-corrected chi connectivity index (χ1v) is 12.1. The van der Waals surface area contributed by atoms with Gasteiger partial charge in [0.1, 0.15) is 35.0 Å². The number of nitrogens with one attached hydrogen (secondary N) is 1. The minimum atomic E-state index is -4.56. The molecule has 4 aromatic rings. The number of alkyl halides is 3. The lowest BCUT2D eigenvalue weighted by Gasteiger charge is -2.27. The maximum absolute atomic E-state index is 13.6. The number of carbonyl (C=O) groups is 2. The van der Waals surface area contributed by atoms with Gasteiger partial charge in [0.25, 0.3) is 0 Å². The number of aromatic nitrogens is 5. The Morgan fingerprint density at radius 3 is 2.76 bits per heavy atom. The number of fused-ring (bicyclic) bond motifs is 4. The molecule has 3 aromatic heterocycles. The fraction of sp³-hybridized carbons (Fsp3) is 0.304. The van der Waals surface area contributed by atoms with Crippen molar-refractivity contribution in [1.29, 1.82) is 0 Å². The second-order valence-corrected chi connectivity index (χ2v) is 9.92. The van der Waals surface area contributed by atoms with Gasteiger partial charge < -0.3 is 20.5 Å². The number of carbonyl (C=O) groups excluding carboxylic acids is 2. The number of hydrogen-bond acceptors (Lipinski definition) is 7. The van der Waals surface area contributed by atoms with Gasteiger partial charge in [-0.15, -0.1) is 0 Å². The molecule has 3 atom stereocenters. The summed E-state index contributed by atoms with van der Waals surface area (Å²) in [5, 5.41) is 3.15. The Balaban J connectivity index is 1.34. The van der Waals surface area contributed by atoms with E-state index in [1.54, 1.807) is 4.90 Å². The van der Waals surface area contributed by atoms with E-state index in [2.05, 4.69) is 41.2 Å². The number of nitrogen functional groups attached to an aromatic ring is 1. The van der Waals surface area contributed by atoms with Crippen LogP contribution < -0.4 is 11.1 Å². The number of anilines is 2. The molecule has 10 nitrogen and oxygen atoms in total. The van der Waals surface area contributed by atoms with E-state index in [0.29, 0.717) is 16.5 Å². The lowest BCUT2D eigenvalue weighted by molar-refractivity contribution is -0.138. The standard InChI is InChI=1S/C23H18BrF3N8O2/c24-16-6-29-7-17(32-16)33-22(37)15-4-10-3-14(10)35(15)18(36)8-34-13-2-1-11(23(25,26)27)5-12(13)19-20(28)30-9-31-21(19)34/h1-2,5-7,9-10,14-15H,3-4,8H2,(H2,28,30,31)(H,32,33,37)/t10?,14-,15+/m1/s1. The van der Waals surface area contributed by atoms with Crippen LogP contribution in [0.4, 0.5) is 24.8 Å². The summed E-state index contributed by atoms with van der Waals surface area (Å²) in [6.45, 7) is -0.231. The van der Waals surface area contributed by atoms with Crippen molar-refractivity contribution >= 4 is 61.3 Å². The largest absolute Gasteiger partial charge is 0.416 e. The average Bonchev–Trinajstić information content (AvgIpc) is 3.38. The zero-order valence-corrected chi connectivity index (χ0v) is 20.5. The van der Waals surface area contributed by atoms with Crippen molar-refractivity contribution in [2.24, 2.45) is 5.92 Å². The summed E-state index contributed by atoms with van der Waals surface area (Å²) in [7, 11) is 0. The third-order valence-electron chi connectivity index (χ3n) is 6.84. The maximum atomic E-state index is 13.6. The summed E-state index contributed by atoms with van der Waals surface area (Å²) in [6, 6.07) is 2.46. The summed E-state index contributed by atoms with van der Waals surface area (Å²) < 4.78 is 42.2. The van der Waals surface area contributed by atoms with Crippen molar-refractivity contribution in [2.45, 2.75) is 37.6 Å². The molecule has 1 aliphatic carbocycles. The Bertz CT molecular complexity index is 1590. The van der Waals surface area contributed by atoms with Gasteiger partial charge >= 0.3 is 6.18 Å². The molecule has 1 unspecified atom stereocenters. The molecule has 0 radical (unpaired) electrons. The molecule has 3 N–H and O–H groups in total. The van der Waals surface area contributed by atoms with E-state index in [1.165, 1.54) is 29.4 Å². The maximum Gasteiger partial charge on any atom is 0.416 e. The molecule has 1 saturated heterocycles. The zero-order chi connectivity index (χ0) is 26.1. The number of benzene rings is 1. The molecule has 14 heteroatoms. The second kappa shape index (κ2) is 8.36. The lowest BCUT2D eigenvalue weighted by Crippen LogP contribution is -2.46. The van der Waals surface area contributed by atoms with Crippen molar-refractivity contribution in [1.82, 2.24) is 29.4 Å². The summed E-state index contributed by atoms with van der Waals surface area (Å²) in [4.78, 5) is 44.5. The fourth-order valence-corrected chi connectivity index (χ4v) is 5.46. The van der Waals surface area contributed by atoms with Crippen molar-refractivity contribution < 1.29 is 22.8 Å². The molecule has 2 aliphatic rings. The summed E-state index contributed by atoms with van der Waals surface area (Å²) >= 11 is 3.21. The van der Waals surface area contributed by atoms with Gasteiger partial charge in [-0.05, 0) is 52.9 Å². The van der Waals surface area contributed by atoms with Gasteiger partial charge in [-0.25, -0.2) is 15.0 Å². The van der Waals surface area contributed by atoms with Gasteiger partial charge in [0.15, 0.2) is 5.82 Å². The molecule has 1 saturated carbocycles. The Labute approximate surface area is 215 Å². The molecule has 0 spiro atoms. The number of nitrogens with two attached hydrogens (primary N) is 1. The highest BCUT2D eigenvalue weighted by Gasteiger charge is 2.56. The molecule has 0 bridgehead atoms. The number of rotatable bonds is 4. The molecule has 2 amide bonds. The number of likely N-dealkylation sites (tertiary alicyclic amines) is 1. The van der Waals surface area contributed by atoms with Crippen molar-refractivity contribution in [3.63, 3.8) is 0 Å². The van der Waals surface area contributed by atoms with Crippen LogP contribution in [0, 0.1) is 5.92 Å². The molecule has 2 fully saturated rings. The van der Waals surface area contributed by atoms with E-state index in [4.69, 9.17) is 5.73 Å². The van der Waals surface area contributed by atoms with Crippen LogP contribution >= 0.6 is 15.9 Å². The van der Waals surface area contributed by atoms with E-state index in [-0.39, 0.29) is 58.4 Å². The zero-order valence-electron chi connectivity index (χ0n) is 18.9. The van der Waals surface area contributed by atoms with Gasteiger partial charge in [-0.1, -0.05) is 0 Å². The Hall–Kier alpha value is -3.81. The van der Waals surface area contributed by atoms with Crippen LogP contribution in [0.5, 0.6) is 0 Å². The van der Waals surface area contributed by atoms with Crippen LogP contribution in [0.2, 0.25) is 0 Å². The quantitative estimate of drug-likeness (QED) is 0.382. The number of nitrogens with zero attached hydrogens (tertiary/aromatic N) is 6. The van der Waals surface area contributed by atoms with Crippen molar-refractivity contribution in [3.8, 4) is 0 Å². The molecule has 37 heavy (non-hydrogen) atoms. The van der Waals surface area contributed by atoms with Crippen LogP contribution in [0.15, 0.2) is 41.5 Å². The van der Waals surface area contributed by atoms with E-state index in [9.17, 15) is 22.8 Å². The predicted octanol–water partition coefficient (Wildman–Crippen LogP) is 3.37. The third-order valence-corrected chi connectivity index (χ3v) is 7.22. The number of amides is 2. The first-order valence-electron chi connectivity index (χ1n) is 11.3. The van der Waals surface area contributed by atoms with E-state index in [0.717, 1.165) is 18.6 Å². The van der Waals surface area contributed by atoms with E-state index >= 15 is 0 Å². The highest BCUT2D eigenvalue weighted by molar-refractivity contribution is 9.10. The predicted molar refractivity (Wildman–Crippen MR) is 130 cm³/mol. The molecule has 1 aromatic carbocycles. The van der Waals surface area contributed by atoms with Gasteiger partial charge in [0, 0.05) is 11.4 Å². The summed E-state index contributed by atoms with van der Waals surface area (Å²) in [5.74, 6) is -0.240. The van der Waals surface area contributed by atoms with Gasteiger partial charge in [0.05, 0.1) is 28.9 Å². The summed E-state index contributed by atoms with van der Waals surface area (Å²) in [5.41, 5.74) is 5.77. The second-order valence-electron chi connectivity index (χ2n) is 9.11. The first kappa shape index (κ1) is 23.6. The Morgan fingerprint density at radius 2 is 2.00 bits per heavy atom. The van der Waals surface area contributed by atoms with Crippen LogP contribution in [-0.2, 0) is 22.3 Å². The van der Waals surface area contributed by atoms with Crippen LogP contribution in [-0.4, -0.2) is 53.3 Å². The first-order chi connectivity index (χ1) is 17.6. The molecule has 6 rings (SSSR count). The minimum absolute atomic E-state index is 0.0105. The van der Waals surface area contributed by atoms with E-state index in [1.807, 2.05) is 0 Å². The molecular weight excluding hydrogens is 557 g/mol. The topological polar surface area (TPSA) is 132 Å². The van der Waals surface area contributed by atoms with Crippen molar-refractivity contribution in [2.75, 3.05) is 11.1 Å². The summed E-state index contributed by atoms with van der Waals surface area (Å²) in [6.07, 6.45) is 0.838. The van der Waals surface area contributed by atoms with Crippen LogP contribution in [0.1, 0.15) is 18.4 Å². The Kier molecular flexibility index (Phi) is 5.33. The SMILES string of the molecule is Nc1ncnc2c1c1cc(C(F)(F)F)ccc1n2CC(=O)N1[C@@H]2CC2C[C@H]1C(=O)Nc1cncc(Br)n1. The minimum Gasteiger partial charge on any atom is -0.383 e. The van der Waals surface area contributed by atoms with Gasteiger partial charge in [-0.2, -0.15) is 13.2 Å². The van der Waals surface area contributed by atoms with Crippen LogP contribution in [0.3, 0.4) is 0 Å².